The van der Waals surface area contributed by atoms with Gasteiger partial charge in [0.1, 0.15) is 0 Å². The molecule has 0 aliphatic rings. The van der Waals surface area contributed by atoms with Gasteiger partial charge in [-0.25, -0.2) is 0 Å². The second kappa shape index (κ2) is 10.6. The quantitative estimate of drug-likeness (QED) is 0.263. The SMILES string of the molecule is CC(=O)S.[H-].[H-].[K+].[Na+]. The third kappa shape index (κ3) is 30.2. The van der Waals surface area contributed by atoms with Crippen LogP contribution < -0.4 is 80.9 Å². The van der Waals surface area contributed by atoms with E-state index in [-0.39, 0.29) is 88.9 Å². The van der Waals surface area contributed by atoms with E-state index < -0.39 is 0 Å². The zero-order valence-electron chi connectivity index (χ0n) is 6.36. The van der Waals surface area contributed by atoms with Gasteiger partial charge in [0.25, 0.3) is 0 Å². The molecule has 4 heteroatoms. The Morgan fingerprint density at radius 3 is 1.83 bits per heavy atom. The van der Waals surface area contributed by atoms with Gasteiger partial charge < -0.3 is 2.85 Å². The molecule has 0 aromatic rings. The van der Waals surface area contributed by atoms with Gasteiger partial charge in [0.15, 0.2) is 5.12 Å². The maximum Gasteiger partial charge on any atom is 1.00 e. The number of hydrogen-bond acceptors (Lipinski definition) is 1. The van der Waals surface area contributed by atoms with E-state index in [0.29, 0.717) is 0 Å². The number of carbonyl (C=O) groups is 1. The van der Waals surface area contributed by atoms with Crippen molar-refractivity contribution in [3.8, 4) is 0 Å². The van der Waals surface area contributed by atoms with Crippen LogP contribution in [0.2, 0.25) is 0 Å². The summed E-state index contributed by atoms with van der Waals surface area (Å²) in [7, 11) is 0. The van der Waals surface area contributed by atoms with Crippen molar-refractivity contribution in [2.24, 2.45) is 0 Å². The molecule has 0 aromatic carbocycles. The molecule has 0 radical (unpaired) electrons. The summed E-state index contributed by atoms with van der Waals surface area (Å²) in [6.07, 6.45) is 0. The van der Waals surface area contributed by atoms with Crippen LogP contribution in [0.1, 0.15) is 9.78 Å². The van der Waals surface area contributed by atoms with E-state index in [1.165, 1.54) is 6.92 Å². The number of hydrogen-bond donors (Lipinski definition) is 1. The van der Waals surface area contributed by atoms with Crippen LogP contribution in [-0.2, 0) is 4.79 Å². The molecule has 0 heterocycles. The summed E-state index contributed by atoms with van der Waals surface area (Å²) in [5, 5.41) is -0.139. The summed E-state index contributed by atoms with van der Waals surface area (Å²) in [4.78, 5) is 9.31. The van der Waals surface area contributed by atoms with Crippen LogP contribution in [0.3, 0.4) is 0 Å². The number of thiol groups is 1. The molecule has 0 atom stereocenters. The Balaban J connectivity index is -0.00000000750. The minimum Gasteiger partial charge on any atom is -1.00 e. The van der Waals surface area contributed by atoms with Gasteiger partial charge in [0, 0.05) is 6.92 Å². The fourth-order valence-corrected chi connectivity index (χ4v) is 0. The Hall–Kier alpha value is 2.66. The van der Waals surface area contributed by atoms with E-state index in [1.54, 1.807) is 0 Å². The van der Waals surface area contributed by atoms with Crippen molar-refractivity contribution < 1.29 is 88.6 Å². The zero-order valence-corrected chi connectivity index (χ0v) is 10.4. The Bertz CT molecular complexity index is 43.0. The van der Waals surface area contributed by atoms with Gasteiger partial charge in [0.05, 0.1) is 0 Å². The minimum absolute atomic E-state index is 0. The molecule has 0 rings (SSSR count). The molecule has 1 nitrogen and oxygen atoms in total. The van der Waals surface area contributed by atoms with Crippen LogP contribution in [0.4, 0.5) is 0 Å². The maximum atomic E-state index is 9.31. The molecule has 0 saturated carbocycles. The second-order valence-electron chi connectivity index (χ2n) is 0.519. The topological polar surface area (TPSA) is 17.1 Å². The van der Waals surface area contributed by atoms with Crippen molar-refractivity contribution in [1.29, 1.82) is 0 Å². The van der Waals surface area contributed by atoms with Crippen LogP contribution in [-0.4, -0.2) is 5.12 Å². The molecule has 0 fully saturated rings. The van der Waals surface area contributed by atoms with E-state index >= 15 is 0 Å². The monoisotopic (exact) mass is 140 g/mol. The average Bonchev–Trinajstić information content (AvgIpc) is 0.811. The fraction of sp³-hybridized carbons (Fsp3) is 0.500. The van der Waals surface area contributed by atoms with Gasteiger partial charge in [-0.3, -0.25) is 4.79 Å². The van der Waals surface area contributed by atoms with E-state index in [1.807, 2.05) is 0 Å². The second-order valence-corrected chi connectivity index (χ2v) is 1.15. The molecular weight excluding hydrogens is 134 g/mol. The molecule has 0 spiro atoms. The fourth-order valence-electron chi connectivity index (χ4n) is 0. The largest absolute Gasteiger partial charge is 1.00 e. The summed E-state index contributed by atoms with van der Waals surface area (Å²) >= 11 is 3.33. The summed E-state index contributed by atoms with van der Waals surface area (Å²) in [6, 6.07) is 0. The maximum absolute atomic E-state index is 9.31. The first kappa shape index (κ1) is 15.9. The van der Waals surface area contributed by atoms with Crippen molar-refractivity contribution in [2.75, 3.05) is 0 Å². The van der Waals surface area contributed by atoms with Crippen molar-refractivity contribution >= 4 is 17.7 Å². The van der Waals surface area contributed by atoms with E-state index in [9.17, 15) is 4.79 Å². The van der Waals surface area contributed by atoms with Crippen LogP contribution in [0.15, 0.2) is 0 Å². The van der Waals surface area contributed by atoms with Crippen molar-refractivity contribution in [1.82, 2.24) is 0 Å². The normalized spacial score (nSPS) is 4.33. The van der Waals surface area contributed by atoms with Crippen LogP contribution in [0.5, 0.6) is 0 Å². The molecule has 28 valence electrons. The first-order chi connectivity index (χ1) is 1.73. The minimum atomic E-state index is -0.139. The average molecular weight is 140 g/mol. The molecule has 0 bridgehead atoms. The summed E-state index contributed by atoms with van der Waals surface area (Å²) < 4.78 is 0. The first-order valence-corrected chi connectivity index (χ1v) is 1.37. The molecule has 0 N–H and O–H groups in total. The Labute approximate surface area is 111 Å². The van der Waals surface area contributed by atoms with Crippen LogP contribution in [0, 0.1) is 0 Å². The third-order valence-electron chi connectivity index (χ3n) is 0. The zero-order chi connectivity index (χ0) is 3.58. The molecule has 6 heavy (non-hydrogen) atoms. The van der Waals surface area contributed by atoms with Gasteiger partial charge in [-0.15, -0.1) is 12.6 Å². The van der Waals surface area contributed by atoms with E-state index in [0.717, 1.165) is 0 Å². The Kier molecular flexibility index (Phi) is 28.0. The van der Waals surface area contributed by atoms with Gasteiger partial charge in [-0.05, 0) is 0 Å². The number of rotatable bonds is 0. The van der Waals surface area contributed by atoms with Gasteiger partial charge in [-0.1, -0.05) is 0 Å². The Morgan fingerprint density at radius 2 is 1.83 bits per heavy atom. The predicted molar refractivity (Wildman–Crippen MR) is 21.9 cm³/mol. The van der Waals surface area contributed by atoms with Crippen molar-refractivity contribution in [2.45, 2.75) is 6.92 Å². The molecule has 0 aliphatic carbocycles. The third-order valence-corrected chi connectivity index (χ3v) is 0. The van der Waals surface area contributed by atoms with Gasteiger partial charge in [-0.2, -0.15) is 0 Å². The van der Waals surface area contributed by atoms with Crippen LogP contribution in [0.25, 0.3) is 0 Å². The number of carbonyl (C=O) groups excluding carboxylic acids is 1. The standard InChI is InChI=1S/C2H4OS.K.Na.2H/c1-2(3)4;;;;/h1H3,(H,3,4);;;;/q;2*+1;2*-1. The molecule has 0 amide bonds. The van der Waals surface area contributed by atoms with Gasteiger partial charge >= 0.3 is 80.9 Å². The molecule has 0 unspecified atom stereocenters. The van der Waals surface area contributed by atoms with Gasteiger partial charge in [0.2, 0.25) is 0 Å². The summed E-state index contributed by atoms with van der Waals surface area (Å²) in [5.74, 6) is 0. The van der Waals surface area contributed by atoms with Crippen molar-refractivity contribution in [3.63, 3.8) is 0 Å². The summed E-state index contributed by atoms with van der Waals surface area (Å²) in [5.41, 5.74) is 0. The predicted octanol–water partition coefficient (Wildman–Crippen LogP) is -5.30. The molecule has 0 aliphatic heterocycles. The van der Waals surface area contributed by atoms with E-state index in [2.05, 4.69) is 12.6 Å². The molecule has 0 saturated heterocycles. The van der Waals surface area contributed by atoms with Crippen molar-refractivity contribution in [3.05, 3.63) is 0 Å². The first-order valence-electron chi connectivity index (χ1n) is 0.928. The molecule has 0 aromatic heterocycles. The van der Waals surface area contributed by atoms with Crippen LogP contribution >= 0.6 is 12.6 Å². The van der Waals surface area contributed by atoms with E-state index in [4.69, 9.17) is 0 Å². The molecular formula is C2H6KNaOS. The Morgan fingerprint density at radius 1 is 1.83 bits per heavy atom. The summed E-state index contributed by atoms with van der Waals surface area (Å²) in [6.45, 7) is 1.39. The smallest absolute Gasteiger partial charge is 1.00 e.